The SMILES string of the molecule is Cc1ccccc1C(=O)Oc1ccc2c(c1)O/C(=C\c1ccccc1OC(F)F)C2=O. The summed E-state index contributed by atoms with van der Waals surface area (Å²) < 4.78 is 40.7. The highest BCUT2D eigenvalue weighted by Crippen LogP contribution is 2.36. The number of hydrogen-bond acceptors (Lipinski definition) is 5. The molecule has 7 heteroatoms. The van der Waals surface area contributed by atoms with Crippen LogP contribution in [-0.2, 0) is 0 Å². The van der Waals surface area contributed by atoms with Crippen molar-refractivity contribution in [2.45, 2.75) is 13.5 Å². The zero-order chi connectivity index (χ0) is 22.0. The number of rotatable bonds is 5. The van der Waals surface area contributed by atoms with Gasteiger partial charge in [-0.1, -0.05) is 36.4 Å². The summed E-state index contributed by atoms with van der Waals surface area (Å²) in [6.45, 7) is -1.20. The molecule has 1 aliphatic rings. The topological polar surface area (TPSA) is 61.8 Å². The summed E-state index contributed by atoms with van der Waals surface area (Å²) in [6.07, 6.45) is 1.33. The van der Waals surface area contributed by atoms with E-state index in [2.05, 4.69) is 4.74 Å². The first-order valence-corrected chi connectivity index (χ1v) is 9.32. The van der Waals surface area contributed by atoms with Crippen LogP contribution in [-0.4, -0.2) is 18.4 Å². The lowest BCUT2D eigenvalue weighted by atomic mass is 10.1. The molecule has 0 aliphatic carbocycles. The fourth-order valence-corrected chi connectivity index (χ4v) is 3.14. The second kappa shape index (κ2) is 8.39. The minimum Gasteiger partial charge on any atom is -0.452 e. The van der Waals surface area contributed by atoms with Crippen LogP contribution in [0.5, 0.6) is 17.2 Å². The number of carbonyl (C=O) groups excluding carboxylic acids is 2. The predicted octanol–water partition coefficient (Wildman–Crippen LogP) is 5.43. The van der Waals surface area contributed by atoms with E-state index in [4.69, 9.17) is 9.47 Å². The van der Waals surface area contributed by atoms with Gasteiger partial charge in [0.2, 0.25) is 5.78 Å². The molecule has 0 saturated heterocycles. The molecule has 3 aromatic carbocycles. The first-order chi connectivity index (χ1) is 14.9. The lowest BCUT2D eigenvalue weighted by Crippen LogP contribution is -2.10. The van der Waals surface area contributed by atoms with Gasteiger partial charge in [0.25, 0.3) is 0 Å². The van der Waals surface area contributed by atoms with Crippen molar-refractivity contribution in [1.82, 2.24) is 0 Å². The number of alkyl halides is 2. The van der Waals surface area contributed by atoms with Crippen molar-refractivity contribution in [3.63, 3.8) is 0 Å². The van der Waals surface area contributed by atoms with E-state index in [1.165, 1.54) is 36.4 Å². The Labute approximate surface area is 176 Å². The molecule has 0 saturated carbocycles. The fourth-order valence-electron chi connectivity index (χ4n) is 3.14. The van der Waals surface area contributed by atoms with Crippen molar-refractivity contribution in [2.24, 2.45) is 0 Å². The van der Waals surface area contributed by atoms with Crippen molar-refractivity contribution in [3.05, 3.63) is 94.7 Å². The average molecular weight is 422 g/mol. The molecular formula is C24H16F2O5. The molecule has 3 aromatic rings. The first kappa shape index (κ1) is 20.3. The van der Waals surface area contributed by atoms with Crippen LogP contribution in [0.2, 0.25) is 0 Å². The fraction of sp³-hybridized carbons (Fsp3) is 0.0833. The van der Waals surface area contributed by atoms with Crippen LogP contribution in [0.15, 0.2) is 72.5 Å². The molecule has 0 fully saturated rings. The van der Waals surface area contributed by atoms with Gasteiger partial charge in [0.15, 0.2) is 5.76 Å². The lowest BCUT2D eigenvalue weighted by molar-refractivity contribution is -0.0500. The number of fused-ring (bicyclic) bond motifs is 1. The van der Waals surface area contributed by atoms with Crippen LogP contribution >= 0.6 is 0 Å². The van der Waals surface area contributed by atoms with Crippen molar-refractivity contribution in [2.75, 3.05) is 0 Å². The smallest absolute Gasteiger partial charge is 0.387 e. The van der Waals surface area contributed by atoms with Gasteiger partial charge in [0.1, 0.15) is 17.2 Å². The highest BCUT2D eigenvalue weighted by atomic mass is 19.3. The summed E-state index contributed by atoms with van der Waals surface area (Å²) >= 11 is 0. The number of aryl methyl sites for hydroxylation is 1. The molecule has 0 bridgehead atoms. The Hall–Kier alpha value is -4.00. The van der Waals surface area contributed by atoms with E-state index < -0.39 is 18.4 Å². The van der Waals surface area contributed by atoms with Crippen molar-refractivity contribution >= 4 is 17.8 Å². The Morgan fingerprint density at radius 1 is 1.03 bits per heavy atom. The van der Waals surface area contributed by atoms with E-state index in [0.29, 0.717) is 5.56 Å². The third kappa shape index (κ3) is 4.30. The van der Waals surface area contributed by atoms with Crippen LogP contribution in [0, 0.1) is 6.92 Å². The number of halogens is 2. The third-order valence-electron chi connectivity index (χ3n) is 4.64. The van der Waals surface area contributed by atoms with Gasteiger partial charge in [-0.05, 0) is 42.8 Å². The Balaban J connectivity index is 1.57. The van der Waals surface area contributed by atoms with Crippen LogP contribution in [0.4, 0.5) is 8.78 Å². The highest BCUT2D eigenvalue weighted by Gasteiger charge is 2.28. The summed E-state index contributed by atoms with van der Waals surface area (Å²) in [5, 5.41) is 0. The normalized spacial score (nSPS) is 13.8. The van der Waals surface area contributed by atoms with Crippen LogP contribution in [0.1, 0.15) is 31.8 Å². The maximum absolute atomic E-state index is 12.6. The van der Waals surface area contributed by atoms with E-state index in [1.807, 2.05) is 6.07 Å². The Morgan fingerprint density at radius 3 is 2.55 bits per heavy atom. The second-order valence-electron chi connectivity index (χ2n) is 6.72. The number of Topliss-reactive ketones (excluding diaryl/α,β-unsaturated/α-hetero) is 1. The standard InChI is InChI=1S/C24H16F2O5/c1-14-6-2-4-8-17(14)23(28)29-16-10-11-18-20(13-16)30-21(22(18)27)12-15-7-3-5-9-19(15)31-24(25)26/h2-13,24H,1H3/b21-12-. The molecule has 0 amide bonds. The van der Waals surface area contributed by atoms with Crippen LogP contribution in [0.3, 0.4) is 0 Å². The molecule has 0 spiro atoms. The van der Waals surface area contributed by atoms with Gasteiger partial charge in [-0.15, -0.1) is 0 Å². The number of carbonyl (C=O) groups is 2. The first-order valence-electron chi connectivity index (χ1n) is 9.32. The summed E-state index contributed by atoms with van der Waals surface area (Å²) in [6, 6.07) is 17.5. The summed E-state index contributed by atoms with van der Waals surface area (Å²) in [7, 11) is 0. The number of ether oxygens (including phenoxy) is 3. The maximum Gasteiger partial charge on any atom is 0.387 e. The van der Waals surface area contributed by atoms with E-state index in [9.17, 15) is 18.4 Å². The summed E-state index contributed by atoms with van der Waals surface area (Å²) in [4.78, 5) is 25.1. The molecule has 5 nitrogen and oxygen atoms in total. The highest BCUT2D eigenvalue weighted by molar-refractivity contribution is 6.14. The number of esters is 1. The van der Waals surface area contributed by atoms with Gasteiger partial charge in [-0.25, -0.2) is 4.79 Å². The van der Waals surface area contributed by atoms with Gasteiger partial charge in [-0.3, -0.25) is 4.79 Å². The van der Waals surface area contributed by atoms with Crippen molar-refractivity contribution < 1.29 is 32.6 Å². The van der Waals surface area contributed by atoms with E-state index in [-0.39, 0.29) is 34.1 Å². The third-order valence-corrected chi connectivity index (χ3v) is 4.64. The molecule has 0 radical (unpaired) electrons. The molecule has 0 aromatic heterocycles. The molecule has 0 N–H and O–H groups in total. The molecule has 4 rings (SSSR count). The predicted molar refractivity (Wildman–Crippen MR) is 109 cm³/mol. The minimum atomic E-state index is -3.00. The molecule has 1 heterocycles. The Bertz CT molecular complexity index is 1200. The zero-order valence-electron chi connectivity index (χ0n) is 16.3. The van der Waals surface area contributed by atoms with Crippen molar-refractivity contribution in [3.8, 4) is 17.2 Å². The number of benzene rings is 3. The largest absolute Gasteiger partial charge is 0.452 e. The number of allylic oxidation sites excluding steroid dienone is 1. The molecule has 0 atom stereocenters. The molecule has 0 unspecified atom stereocenters. The lowest BCUT2D eigenvalue weighted by Gasteiger charge is -2.08. The zero-order valence-corrected chi connectivity index (χ0v) is 16.3. The minimum absolute atomic E-state index is 0.0531. The molecular weight excluding hydrogens is 406 g/mol. The van der Waals surface area contributed by atoms with Gasteiger partial charge in [0, 0.05) is 11.6 Å². The average Bonchev–Trinajstić information content (AvgIpc) is 3.04. The quantitative estimate of drug-likeness (QED) is 0.312. The van der Waals surface area contributed by atoms with E-state index in [1.54, 1.807) is 37.3 Å². The van der Waals surface area contributed by atoms with Gasteiger partial charge >= 0.3 is 12.6 Å². The molecule has 1 aliphatic heterocycles. The van der Waals surface area contributed by atoms with E-state index >= 15 is 0 Å². The monoisotopic (exact) mass is 422 g/mol. The molecule has 31 heavy (non-hydrogen) atoms. The van der Waals surface area contributed by atoms with Crippen LogP contribution < -0.4 is 14.2 Å². The number of para-hydroxylation sites is 1. The van der Waals surface area contributed by atoms with Crippen molar-refractivity contribution in [1.29, 1.82) is 0 Å². The van der Waals surface area contributed by atoms with Gasteiger partial charge in [-0.2, -0.15) is 8.78 Å². The maximum atomic E-state index is 12.6. The molecule has 156 valence electrons. The number of hydrogen-bond donors (Lipinski definition) is 0. The number of ketones is 1. The Morgan fingerprint density at radius 2 is 1.77 bits per heavy atom. The van der Waals surface area contributed by atoms with E-state index in [0.717, 1.165) is 5.56 Å². The van der Waals surface area contributed by atoms with Crippen LogP contribution in [0.25, 0.3) is 6.08 Å². The van der Waals surface area contributed by atoms with Gasteiger partial charge < -0.3 is 14.2 Å². The summed E-state index contributed by atoms with van der Waals surface area (Å²) in [5.41, 5.74) is 1.74. The second-order valence-corrected chi connectivity index (χ2v) is 6.72. The Kier molecular flexibility index (Phi) is 5.49. The summed E-state index contributed by atoms with van der Waals surface area (Å²) in [5.74, 6) is -0.663. The van der Waals surface area contributed by atoms with Gasteiger partial charge in [0.05, 0.1) is 11.1 Å².